The molecule has 1 aromatic carbocycles. The number of ether oxygens (including phenoxy) is 3. The van der Waals surface area contributed by atoms with Gasteiger partial charge in [0.2, 0.25) is 0 Å². The van der Waals surface area contributed by atoms with E-state index in [1.165, 1.54) is 0 Å². The second-order valence-corrected chi connectivity index (χ2v) is 5.26. The molecule has 17 heavy (non-hydrogen) atoms. The van der Waals surface area contributed by atoms with Gasteiger partial charge in [-0.3, -0.25) is 0 Å². The van der Waals surface area contributed by atoms with E-state index in [1.54, 1.807) is 14.2 Å². The van der Waals surface area contributed by atoms with Crippen molar-refractivity contribution in [3.8, 4) is 17.2 Å². The highest BCUT2D eigenvalue weighted by Crippen LogP contribution is 2.44. The fourth-order valence-electron chi connectivity index (χ4n) is 1.83. The largest absolute Gasteiger partial charge is 0.493 e. The molecule has 0 spiro atoms. The minimum Gasteiger partial charge on any atom is -0.493 e. The van der Waals surface area contributed by atoms with Crippen LogP contribution in [0.4, 0.5) is 0 Å². The van der Waals surface area contributed by atoms with Gasteiger partial charge in [0.1, 0.15) is 11.4 Å². The zero-order chi connectivity index (χ0) is 12.6. The lowest BCUT2D eigenvalue weighted by Crippen LogP contribution is -2.28. The summed E-state index contributed by atoms with van der Waals surface area (Å²) in [6.45, 7) is 4.02. The van der Waals surface area contributed by atoms with Gasteiger partial charge in [-0.15, -0.1) is 0 Å². The zero-order valence-corrected chi connectivity index (χ0v) is 11.9. The Bertz CT molecular complexity index is 478. The van der Waals surface area contributed by atoms with Crippen LogP contribution in [0.1, 0.15) is 19.4 Å². The maximum Gasteiger partial charge on any atom is 0.164 e. The molecule has 92 valence electrons. The Morgan fingerprint density at radius 1 is 1.12 bits per heavy atom. The lowest BCUT2D eigenvalue weighted by Gasteiger charge is -2.30. The maximum atomic E-state index is 5.89. The van der Waals surface area contributed by atoms with E-state index in [9.17, 15) is 0 Å². The van der Waals surface area contributed by atoms with Crippen molar-refractivity contribution in [3.05, 3.63) is 23.8 Å². The Labute approximate surface area is 109 Å². The highest BCUT2D eigenvalue weighted by molar-refractivity contribution is 9.15. The Morgan fingerprint density at radius 2 is 1.71 bits per heavy atom. The van der Waals surface area contributed by atoms with E-state index in [0.29, 0.717) is 11.5 Å². The molecular formula is C13H15BrO3. The topological polar surface area (TPSA) is 27.7 Å². The monoisotopic (exact) mass is 298 g/mol. The van der Waals surface area contributed by atoms with E-state index in [1.807, 2.05) is 32.1 Å². The molecule has 1 aromatic rings. The third-order valence-electron chi connectivity index (χ3n) is 2.59. The van der Waals surface area contributed by atoms with Crippen LogP contribution in [0.15, 0.2) is 18.2 Å². The first-order chi connectivity index (χ1) is 7.96. The van der Waals surface area contributed by atoms with Gasteiger partial charge in [0.25, 0.3) is 0 Å². The molecule has 1 heterocycles. The van der Waals surface area contributed by atoms with Gasteiger partial charge < -0.3 is 14.2 Å². The fourth-order valence-corrected chi connectivity index (χ4v) is 2.69. The molecule has 3 nitrogen and oxygen atoms in total. The van der Waals surface area contributed by atoms with Crippen LogP contribution in [0, 0.1) is 0 Å². The van der Waals surface area contributed by atoms with Crippen LogP contribution in [-0.2, 0) is 0 Å². The lowest BCUT2D eigenvalue weighted by molar-refractivity contribution is 0.158. The number of benzene rings is 1. The number of methoxy groups -OCH3 is 2. The first-order valence-electron chi connectivity index (χ1n) is 5.30. The second kappa shape index (κ2) is 4.26. The summed E-state index contributed by atoms with van der Waals surface area (Å²) >= 11 is 3.56. The molecule has 0 N–H and O–H groups in total. The van der Waals surface area contributed by atoms with Crippen LogP contribution in [0.5, 0.6) is 17.2 Å². The third-order valence-corrected chi connectivity index (χ3v) is 3.25. The summed E-state index contributed by atoms with van der Waals surface area (Å²) in [5.41, 5.74) is 0.646. The van der Waals surface area contributed by atoms with Gasteiger partial charge in [0.15, 0.2) is 11.5 Å². The molecule has 1 aliphatic rings. The molecule has 0 aliphatic carbocycles. The van der Waals surface area contributed by atoms with Crippen molar-refractivity contribution in [1.29, 1.82) is 0 Å². The SMILES string of the molecule is COc1cc2c(cc1OC)C(Br)=CC(C)(C)O2. The molecule has 0 fully saturated rings. The van der Waals surface area contributed by atoms with Crippen LogP contribution in [0.25, 0.3) is 4.48 Å². The van der Waals surface area contributed by atoms with Crippen molar-refractivity contribution >= 4 is 20.4 Å². The molecule has 1 aliphatic heterocycles. The summed E-state index contributed by atoms with van der Waals surface area (Å²) < 4.78 is 17.4. The van der Waals surface area contributed by atoms with Gasteiger partial charge in [0, 0.05) is 16.1 Å². The normalized spacial score (nSPS) is 16.6. The van der Waals surface area contributed by atoms with Crippen LogP contribution in [0.2, 0.25) is 0 Å². The van der Waals surface area contributed by atoms with E-state index in [0.717, 1.165) is 15.8 Å². The summed E-state index contributed by atoms with van der Waals surface area (Å²) in [5.74, 6) is 2.16. The number of hydrogen-bond donors (Lipinski definition) is 0. The molecule has 0 unspecified atom stereocenters. The summed E-state index contributed by atoms with van der Waals surface area (Å²) in [5, 5.41) is 0. The molecule has 4 heteroatoms. The van der Waals surface area contributed by atoms with Gasteiger partial charge in [-0.05, 0) is 26.0 Å². The van der Waals surface area contributed by atoms with Crippen molar-refractivity contribution in [1.82, 2.24) is 0 Å². The van der Waals surface area contributed by atoms with Crippen LogP contribution >= 0.6 is 15.9 Å². The molecule has 0 atom stereocenters. The van der Waals surface area contributed by atoms with Crippen LogP contribution in [0.3, 0.4) is 0 Å². The Balaban J connectivity index is 2.57. The minimum absolute atomic E-state index is 0.328. The average Bonchev–Trinajstić information content (AvgIpc) is 2.26. The van der Waals surface area contributed by atoms with Crippen molar-refractivity contribution in [2.45, 2.75) is 19.4 Å². The van der Waals surface area contributed by atoms with E-state index < -0.39 is 0 Å². The molecule has 0 saturated heterocycles. The maximum absolute atomic E-state index is 5.89. The first-order valence-corrected chi connectivity index (χ1v) is 6.10. The van der Waals surface area contributed by atoms with Gasteiger partial charge in [-0.2, -0.15) is 0 Å². The summed E-state index contributed by atoms with van der Waals surface area (Å²) in [6, 6.07) is 3.76. The summed E-state index contributed by atoms with van der Waals surface area (Å²) in [6.07, 6.45) is 2.03. The molecule has 2 rings (SSSR count). The molecule has 0 bridgehead atoms. The van der Waals surface area contributed by atoms with Gasteiger partial charge in [0.05, 0.1) is 14.2 Å². The highest BCUT2D eigenvalue weighted by atomic mass is 79.9. The summed E-state index contributed by atoms with van der Waals surface area (Å²) in [7, 11) is 3.23. The first kappa shape index (κ1) is 12.3. The van der Waals surface area contributed by atoms with Crippen LogP contribution < -0.4 is 14.2 Å². The smallest absolute Gasteiger partial charge is 0.164 e. The Kier molecular flexibility index (Phi) is 3.08. The predicted octanol–water partition coefficient (Wildman–Crippen LogP) is 3.61. The quantitative estimate of drug-likeness (QED) is 0.835. The number of hydrogen-bond acceptors (Lipinski definition) is 3. The number of fused-ring (bicyclic) bond motifs is 1. The van der Waals surface area contributed by atoms with Gasteiger partial charge in [-0.25, -0.2) is 0 Å². The van der Waals surface area contributed by atoms with E-state index >= 15 is 0 Å². The van der Waals surface area contributed by atoms with Crippen molar-refractivity contribution in [2.75, 3.05) is 14.2 Å². The molecular weight excluding hydrogens is 284 g/mol. The molecule has 0 radical (unpaired) electrons. The van der Waals surface area contributed by atoms with Gasteiger partial charge >= 0.3 is 0 Å². The van der Waals surface area contributed by atoms with E-state index in [-0.39, 0.29) is 5.60 Å². The predicted molar refractivity (Wildman–Crippen MR) is 71.2 cm³/mol. The van der Waals surface area contributed by atoms with Crippen molar-refractivity contribution < 1.29 is 14.2 Å². The summed E-state index contributed by atoms with van der Waals surface area (Å²) in [4.78, 5) is 0. The minimum atomic E-state index is -0.328. The molecule has 0 saturated carbocycles. The Hall–Kier alpha value is -1.16. The van der Waals surface area contributed by atoms with Crippen molar-refractivity contribution in [2.24, 2.45) is 0 Å². The van der Waals surface area contributed by atoms with Crippen LogP contribution in [-0.4, -0.2) is 19.8 Å². The highest BCUT2D eigenvalue weighted by Gasteiger charge is 2.27. The third kappa shape index (κ3) is 2.27. The lowest BCUT2D eigenvalue weighted by atomic mass is 10.0. The fraction of sp³-hybridized carbons (Fsp3) is 0.385. The van der Waals surface area contributed by atoms with Gasteiger partial charge in [-0.1, -0.05) is 15.9 Å². The van der Waals surface area contributed by atoms with E-state index in [4.69, 9.17) is 14.2 Å². The average molecular weight is 299 g/mol. The Morgan fingerprint density at radius 3 is 2.29 bits per heavy atom. The molecule has 0 aromatic heterocycles. The number of rotatable bonds is 2. The molecule has 0 amide bonds. The standard InChI is InChI=1S/C13H15BrO3/c1-13(2)7-9(14)8-5-11(15-3)12(16-4)6-10(8)17-13/h5-7H,1-4H3. The van der Waals surface area contributed by atoms with E-state index in [2.05, 4.69) is 15.9 Å². The number of halogens is 1. The zero-order valence-electron chi connectivity index (χ0n) is 10.3. The van der Waals surface area contributed by atoms with Crippen molar-refractivity contribution in [3.63, 3.8) is 0 Å². The second-order valence-electron chi connectivity index (χ2n) is 4.40.